The van der Waals surface area contributed by atoms with Gasteiger partial charge in [0.05, 0.1) is 0 Å². The molecule has 0 aliphatic heterocycles. The maximum absolute atomic E-state index is 10.0. The minimum atomic E-state index is -1.56. The molecule has 0 aliphatic rings. The van der Waals surface area contributed by atoms with Crippen LogP contribution >= 0.6 is 0 Å². The summed E-state index contributed by atoms with van der Waals surface area (Å²) in [6.07, 6.45) is -1.56. The van der Waals surface area contributed by atoms with Gasteiger partial charge in [0, 0.05) is 6.92 Å². The first-order valence-corrected chi connectivity index (χ1v) is 4.08. The zero-order valence-corrected chi connectivity index (χ0v) is 8.76. The van der Waals surface area contributed by atoms with Gasteiger partial charge >= 0.3 is 18.1 Å². The van der Waals surface area contributed by atoms with Gasteiger partial charge in [-0.05, 0) is 5.92 Å². The number of hydrogen-bond donors (Lipinski definition) is 3. The van der Waals surface area contributed by atoms with Gasteiger partial charge in [0.25, 0.3) is 0 Å². The third kappa shape index (κ3) is 12.4. The molecule has 15 heavy (non-hydrogen) atoms. The van der Waals surface area contributed by atoms with Crippen LogP contribution in [0.2, 0.25) is 0 Å². The van der Waals surface area contributed by atoms with Gasteiger partial charge < -0.3 is 20.7 Å². The van der Waals surface area contributed by atoms with E-state index in [1.54, 1.807) is 13.8 Å². The molecule has 1 atom stereocenters. The first-order chi connectivity index (χ1) is 6.68. The molecule has 0 aromatic carbocycles. The Morgan fingerprint density at radius 2 is 1.60 bits per heavy atom. The summed E-state index contributed by atoms with van der Waals surface area (Å²) in [5.41, 5.74) is 5.16. The number of carbonyl (C=O) groups excluding carboxylic acids is 1. The molecule has 0 aromatic heterocycles. The minimum Gasteiger partial charge on any atom is -0.480 e. The maximum atomic E-state index is 10.0. The van der Waals surface area contributed by atoms with Crippen LogP contribution in [0, 0.1) is 5.92 Å². The molecular formula is C8H15NO6. The van der Waals surface area contributed by atoms with Gasteiger partial charge in [0.2, 0.25) is 0 Å². The van der Waals surface area contributed by atoms with Gasteiger partial charge in [-0.2, -0.15) is 0 Å². The van der Waals surface area contributed by atoms with Crippen LogP contribution in [0.4, 0.5) is 4.79 Å². The highest BCUT2D eigenvalue weighted by Crippen LogP contribution is 1.96. The van der Waals surface area contributed by atoms with E-state index in [9.17, 15) is 14.4 Å². The van der Waals surface area contributed by atoms with Crippen molar-refractivity contribution >= 4 is 18.1 Å². The molecule has 0 amide bonds. The molecular weight excluding hydrogens is 206 g/mol. The molecule has 0 aromatic rings. The summed E-state index contributed by atoms with van der Waals surface area (Å²) in [5.74, 6) is -1.72. The van der Waals surface area contributed by atoms with Crippen LogP contribution in [0.5, 0.6) is 0 Å². The third-order valence-corrected chi connectivity index (χ3v) is 1.23. The summed E-state index contributed by atoms with van der Waals surface area (Å²) in [4.78, 5) is 29.0. The Hall–Kier alpha value is -1.63. The van der Waals surface area contributed by atoms with Crippen molar-refractivity contribution < 1.29 is 29.3 Å². The molecule has 0 spiro atoms. The van der Waals surface area contributed by atoms with Gasteiger partial charge in [-0.15, -0.1) is 0 Å². The predicted molar refractivity (Wildman–Crippen MR) is 50.2 cm³/mol. The van der Waals surface area contributed by atoms with Crippen molar-refractivity contribution in [2.45, 2.75) is 26.8 Å². The standard InChI is InChI=1S/C5H11NO2.C3H4O4/c1-3(2)4(6)5(7)8;1-2(4)7-3(5)6/h3-4H,6H2,1-2H3,(H,7,8);1H3,(H,5,6)/t4-;/m0./s1. The second-order valence-electron chi connectivity index (χ2n) is 2.97. The molecule has 0 heterocycles. The van der Waals surface area contributed by atoms with E-state index in [1.807, 2.05) is 0 Å². The van der Waals surface area contributed by atoms with Gasteiger partial charge in [0.15, 0.2) is 0 Å². The number of aliphatic carboxylic acids is 1. The van der Waals surface area contributed by atoms with Crippen LogP contribution in [0.3, 0.4) is 0 Å². The Morgan fingerprint density at radius 3 is 1.60 bits per heavy atom. The summed E-state index contributed by atoms with van der Waals surface area (Å²) >= 11 is 0. The summed E-state index contributed by atoms with van der Waals surface area (Å²) in [7, 11) is 0. The number of carboxylic acids is 1. The summed E-state index contributed by atoms with van der Waals surface area (Å²) < 4.78 is 3.53. The van der Waals surface area contributed by atoms with E-state index in [4.69, 9.17) is 15.9 Å². The molecule has 0 bridgehead atoms. The Balaban J connectivity index is 0. The fourth-order valence-corrected chi connectivity index (χ4v) is 0.408. The van der Waals surface area contributed by atoms with Crippen molar-refractivity contribution in [3.63, 3.8) is 0 Å². The van der Waals surface area contributed by atoms with Crippen molar-refractivity contribution in [3.05, 3.63) is 0 Å². The average Bonchev–Trinajstić information content (AvgIpc) is 2.00. The highest BCUT2D eigenvalue weighted by atomic mass is 16.7. The smallest absolute Gasteiger partial charge is 0.480 e. The molecule has 7 nitrogen and oxygen atoms in total. The first-order valence-electron chi connectivity index (χ1n) is 4.08. The van der Waals surface area contributed by atoms with Gasteiger partial charge in [-0.25, -0.2) is 4.79 Å². The Kier molecular flexibility index (Phi) is 8.17. The molecule has 0 saturated carbocycles. The largest absolute Gasteiger partial charge is 0.513 e. The van der Waals surface area contributed by atoms with E-state index in [1.165, 1.54) is 0 Å². The number of carbonyl (C=O) groups is 3. The zero-order chi connectivity index (χ0) is 12.6. The number of esters is 1. The molecule has 7 heteroatoms. The monoisotopic (exact) mass is 221 g/mol. The third-order valence-electron chi connectivity index (χ3n) is 1.23. The second kappa shape index (κ2) is 7.74. The Bertz CT molecular complexity index is 225. The van der Waals surface area contributed by atoms with E-state index in [0.717, 1.165) is 6.92 Å². The highest BCUT2D eigenvalue weighted by molar-refractivity contribution is 5.78. The number of rotatable bonds is 2. The second-order valence-corrected chi connectivity index (χ2v) is 2.97. The SMILES string of the molecule is CC(=O)OC(=O)O.CC(C)[C@H](N)C(=O)O. The number of nitrogens with two attached hydrogens (primary N) is 1. The molecule has 4 N–H and O–H groups in total. The van der Waals surface area contributed by atoms with Gasteiger partial charge in [-0.1, -0.05) is 13.8 Å². The first kappa shape index (κ1) is 15.8. The minimum absolute atomic E-state index is 0.0208. The zero-order valence-electron chi connectivity index (χ0n) is 8.76. The van der Waals surface area contributed by atoms with Crippen molar-refractivity contribution in [3.8, 4) is 0 Å². The quantitative estimate of drug-likeness (QED) is 0.451. The maximum Gasteiger partial charge on any atom is 0.513 e. The lowest BCUT2D eigenvalue weighted by Crippen LogP contribution is -2.34. The normalized spacial score (nSPS) is 11.0. The molecule has 0 fully saturated rings. The highest BCUT2D eigenvalue weighted by Gasteiger charge is 2.14. The van der Waals surface area contributed by atoms with Crippen LogP contribution < -0.4 is 5.73 Å². The van der Waals surface area contributed by atoms with Crippen LogP contribution in [0.25, 0.3) is 0 Å². The van der Waals surface area contributed by atoms with E-state index in [0.29, 0.717) is 0 Å². The van der Waals surface area contributed by atoms with E-state index in [2.05, 4.69) is 4.74 Å². The molecule has 0 unspecified atom stereocenters. The summed E-state index contributed by atoms with van der Waals surface area (Å²) in [5, 5.41) is 15.9. The van der Waals surface area contributed by atoms with E-state index in [-0.39, 0.29) is 5.92 Å². The fourth-order valence-electron chi connectivity index (χ4n) is 0.408. The van der Waals surface area contributed by atoms with Crippen LogP contribution in [0.1, 0.15) is 20.8 Å². The van der Waals surface area contributed by atoms with Crippen molar-refractivity contribution in [1.82, 2.24) is 0 Å². The number of ether oxygens (including phenoxy) is 1. The lowest BCUT2D eigenvalue weighted by molar-refractivity contribution is -0.139. The number of hydrogen-bond acceptors (Lipinski definition) is 5. The van der Waals surface area contributed by atoms with E-state index >= 15 is 0 Å². The molecule has 88 valence electrons. The van der Waals surface area contributed by atoms with E-state index < -0.39 is 24.1 Å². The predicted octanol–water partition coefficient (Wildman–Crippen LogP) is 0.282. The van der Waals surface area contributed by atoms with Crippen molar-refractivity contribution in [1.29, 1.82) is 0 Å². The molecule has 0 rings (SSSR count). The van der Waals surface area contributed by atoms with Crippen molar-refractivity contribution in [2.75, 3.05) is 0 Å². The molecule has 0 radical (unpaired) electrons. The topological polar surface area (TPSA) is 127 Å². The lowest BCUT2D eigenvalue weighted by Gasteiger charge is -2.07. The average molecular weight is 221 g/mol. The summed E-state index contributed by atoms with van der Waals surface area (Å²) in [6, 6.07) is -0.713. The Labute approximate surface area is 86.8 Å². The van der Waals surface area contributed by atoms with Gasteiger partial charge in [-0.3, -0.25) is 9.59 Å². The fraction of sp³-hybridized carbons (Fsp3) is 0.625. The molecule has 0 aliphatic carbocycles. The van der Waals surface area contributed by atoms with Crippen LogP contribution in [-0.4, -0.2) is 34.3 Å². The number of carboxylic acid groups (broad SMARTS) is 2. The lowest BCUT2D eigenvalue weighted by atomic mass is 10.1. The van der Waals surface area contributed by atoms with Crippen LogP contribution in [-0.2, 0) is 14.3 Å². The van der Waals surface area contributed by atoms with Crippen molar-refractivity contribution in [2.24, 2.45) is 11.7 Å². The summed E-state index contributed by atoms with van der Waals surface area (Å²) in [6.45, 7) is 4.58. The van der Waals surface area contributed by atoms with Crippen LogP contribution in [0.15, 0.2) is 0 Å². The molecule has 0 saturated heterocycles. The Morgan fingerprint density at radius 1 is 1.20 bits per heavy atom. The van der Waals surface area contributed by atoms with Gasteiger partial charge in [0.1, 0.15) is 6.04 Å².